The molecule has 0 aliphatic rings. The predicted molar refractivity (Wildman–Crippen MR) is 78.3 cm³/mol. The molecule has 2 N–H and O–H groups in total. The molecule has 0 bridgehead atoms. The van der Waals surface area contributed by atoms with Gasteiger partial charge in [-0.15, -0.1) is 5.11 Å². The molecule has 94 valence electrons. The molecule has 3 rings (SSSR count). The summed E-state index contributed by atoms with van der Waals surface area (Å²) in [5.74, 6) is 0.0211. The van der Waals surface area contributed by atoms with Crippen molar-refractivity contribution in [1.82, 2.24) is 4.98 Å². The van der Waals surface area contributed by atoms with E-state index in [0.717, 1.165) is 21.1 Å². The Kier molecular flexibility index (Phi) is 3.05. The summed E-state index contributed by atoms with van der Waals surface area (Å²) in [5.41, 5.74) is 2.01. The molecular formula is C14H10BrN3O. The molecule has 0 aliphatic carbocycles. The fraction of sp³-hybridized carbons (Fsp3) is 0. The SMILES string of the molecule is Oc1[nH]c2cc(Br)ccc2c1N=Nc1ccccc1. The van der Waals surface area contributed by atoms with Crippen molar-refractivity contribution in [2.75, 3.05) is 0 Å². The highest BCUT2D eigenvalue weighted by atomic mass is 79.9. The van der Waals surface area contributed by atoms with Crippen LogP contribution in [0.3, 0.4) is 0 Å². The second-order valence-electron chi connectivity index (χ2n) is 4.05. The molecule has 0 atom stereocenters. The van der Waals surface area contributed by atoms with Crippen molar-refractivity contribution in [3.63, 3.8) is 0 Å². The zero-order valence-corrected chi connectivity index (χ0v) is 11.4. The van der Waals surface area contributed by atoms with Crippen LogP contribution < -0.4 is 0 Å². The van der Waals surface area contributed by atoms with Crippen LogP contribution in [0.1, 0.15) is 0 Å². The van der Waals surface area contributed by atoms with Crippen LogP contribution in [-0.4, -0.2) is 10.1 Å². The Morgan fingerprint density at radius 1 is 1.00 bits per heavy atom. The van der Waals surface area contributed by atoms with Crippen LogP contribution in [0.25, 0.3) is 10.9 Å². The lowest BCUT2D eigenvalue weighted by molar-refractivity contribution is 0.459. The lowest BCUT2D eigenvalue weighted by Gasteiger charge is -1.93. The Hall–Kier alpha value is -2.14. The van der Waals surface area contributed by atoms with Crippen molar-refractivity contribution in [3.8, 4) is 5.88 Å². The van der Waals surface area contributed by atoms with E-state index in [9.17, 15) is 5.11 Å². The molecule has 19 heavy (non-hydrogen) atoms. The fourth-order valence-corrected chi connectivity index (χ4v) is 2.21. The maximum atomic E-state index is 9.88. The number of halogens is 1. The summed E-state index contributed by atoms with van der Waals surface area (Å²) in [7, 11) is 0. The molecule has 0 unspecified atom stereocenters. The van der Waals surface area contributed by atoms with Gasteiger partial charge in [-0.3, -0.25) is 0 Å². The van der Waals surface area contributed by atoms with E-state index >= 15 is 0 Å². The number of nitrogens with one attached hydrogen (secondary N) is 1. The van der Waals surface area contributed by atoms with Gasteiger partial charge in [-0.05, 0) is 30.3 Å². The Morgan fingerprint density at radius 2 is 1.79 bits per heavy atom. The molecule has 4 nitrogen and oxygen atoms in total. The van der Waals surface area contributed by atoms with Crippen molar-refractivity contribution in [2.45, 2.75) is 0 Å². The van der Waals surface area contributed by atoms with Crippen molar-refractivity contribution in [3.05, 3.63) is 53.0 Å². The summed E-state index contributed by atoms with van der Waals surface area (Å²) in [6, 6.07) is 15.1. The van der Waals surface area contributed by atoms with Crippen LogP contribution in [0.4, 0.5) is 11.4 Å². The first-order valence-electron chi connectivity index (χ1n) is 5.71. The average Bonchev–Trinajstić information content (AvgIpc) is 2.72. The number of hydrogen-bond acceptors (Lipinski definition) is 3. The minimum atomic E-state index is 0.0211. The average molecular weight is 316 g/mol. The summed E-state index contributed by atoms with van der Waals surface area (Å²) in [4.78, 5) is 2.88. The van der Waals surface area contributed by atoms with Gasteiger partial charge in [-0.25, -0.2) is 0 Å². The summed E-state index contributed by atoms with van der Waals surface area (Å²) in [6.07, 6.45) is 0. The topological polar surface area (TPSA) is 60.7 Å². The molecule has 2 aromatic carbocycles. The van der Waals surface area contributed by atoms with Crippen molar-refractivity contribution in [1.29, 1.82) is 0 Å². The molecule has 1 aromatic heterocycles. The molecule has 0 saturated heterocycles. The molecule has 0 aliphatic heterocycles. The van der Waals surface area contributed by atoms with Crippen LogP contribution in [0.15, 0.2) is 63.2 Å². The molecule has 1 heterocycles. The van der Waals surface area contributed by atoms with Gasteiger partial charge in [0.1, 0.15) is 0 Å². The molecule has 5 heteroatoms. The third kappa shape index (κ3) is 2.37. The van der Waals surface area contributed by atoms with Gasteiger partial charge < -0.3 is 10.1 Å². The predicted octanol–water partition coefficient (Wildman–Crippen LogP) is 5.05. The van der Waals surface area contributed by atoms with E-state index in [1.807, 2.05) is 48.5 Å². The zero-order valence-electron chi connectivity index (χ0n) is 9.84. The third-order valence-electron chi connectivity index (χ3n) is 2.74. The number of benzene rings is 2. The highest BCUT2D eigenvalue weighted by Gasteiger charge is 2.10. The number of fused-ring (bicyclic) bond motifs is 1. The number of H-pyrrole nitrogens is 1. The molecule has 3 aromatic rings. The van der Waals surface area contributed by atoms with E-state index < -0.39 is 0 Å². The maximum Gasteiger partial charge on any atom is 0.218 e. The number of rotatable bonds is 2. The van der Waals surface area contributed by atoms with Crippen LogP contribution in [0, 0.1) is 0 Å². The van der Waals surface area contributed by atoms with Gasteiger partial charge in [0.15, 0.2) is 5.69 Å². The van der Waals surface area contributed by atoms with E-state index in [2.05, 4.69) is 31.1 Å². The summed E-state index contributed by atoms with van der Waals surface area (Å²) >= 11 is 3.39. The zero-order chi connectivity index (χ0) is 13.2. The van der Waals surface area contributed by atoms with E-state index in [0.29, 0.717) is 5.69 Å². The van der Waals surface area contributed by atoms with E-state index in [1.165, 1.54) is 0 Å². The number of nitrogens with zero attached hydrogens (tertiary/aromatic N) is 2. The molecule has 0 radical (unpaired) electrons. The first-order chi connectivity index (χ1) is 9.24. The number of aromatic amines is 1. The normalized spacial score (nSPS) is 11.4. The Labute approximate surface area is 117 Å². The quantitative estimate of drug-likeness (QED) is 0.638. The van der Waals surface area contributed by atoms with Gasteiger partial charge in [0.2, 0.25) is 5.88 Å². The molecule has 0 saturated carbocycles. The third-order valence-corrected chi connectivity index (χ3v) is 3.23. The maximum absolute atomic E-state index is 9.88. The number of hydrogen-bond donors (Lipinski definition) is 2. The minimum absolute atomic E-state index is 0.0211. The van der Waals surface area contributed by atoms with Crippen LogP contribution >= 0.6 is 15.9 Å². The van der Waals surface area contributed by atoms with Crippen LogP contribution in [-0.2, 0) is 0 Å². The van der Waals surface area contributed by atoms with Crippen molar-refractivity contribution >= 4 is 38.2 Å². The highest BCUT2D eigenvalue weighted by molar-refractivity contribution is 9.10. The first kappa shape index (κ1) is 11.9. The standard InChI is InChI=1S/C14H10BrN3O/c15-9-6-7-11-12(8-9)16-14(19)13(11)18-17-10-4-2-1-3-5-10/h1-8,16,19H. The highest BCUT2D eigenvalue weighted by Crippen LogP contribution is 2.37. The summed E-state index contributed by atoms with van der Waals surface area (Å²) in [6.45, 7) is 0. The van der Waals surface area contributed by atoms with E-state index in [1.54, 1.807) is 0 Å². The summed E-state index contributed by atoms with van der Waals surface area (Å²) < 4.78 is 0.938. The molecule has 0 spiro atoms. The Balaban J connectivity index is 2.06. The van der Waals surface area contributed by atoms with E-state index in [-0.39, 0.29) is 5.88 Å². The number of azo groups is 1. The van der Waals surface area contributed by atoms with Crippen molar-refractivity contribution < 1.29 is 5.11 Å². The second-order valence-corrected chi connectivity index (χ2v) is 4.96. The van der Waals surface area contributed by atoms with Gasteiger partial charge in [-0.1, -0.05) is 34.1 Å². The Morgan fingerprint density at radius 3 is 2.58 bits per heavy atom. The van der Waals surface area contributed by atoms with E-state index in [4.69, 9.17) is 0 Å². The fourth-order valence-electron chi connectivity index (χ4n) is 1.84. The lowest BCUT2D eigenvalue weighted by Crippen LogP contribution is -1.67. The first-order valence-corrected chi connectivity index (χ1v) is 6.50. The van der Waals surface area contributed by atoms with Gasteiger partial charge in [0, 0.05) is 9.86 Å². The molecule has 0 fully saturated rings. The summed E-state index contributed by atoms with van der Waals surface area (Å²) in [5, 5.41) is 19.0. The van der Waals surface area contributed by atoms with Crippen molar-refractivity contribution in [2.24, 2.45) is 10.2 Å². The second kappa shape index (κ2) is 4.85. The Bertz CT molecular complexity index is 750. The van der Waals surface area contributed by atoms with Gasteiger partial charge >= 0.3 is 0 Å². The van der Waals surface area contributed by atoms with Gasteiger partial charge in [-0.2, -0.15) is 5.11 Å². The molecule has 0 amide bonds. The van der Waals surface area contributed by atoms with Crippen LogP contribution in [0.2, 0.25) is 0 Å². The molecular weight excluding hydrogens is 306 g/mol. The number of aromatic hydroxyl groups is 1. The largest absolute Gasteiger partial charge is 0.493 e. The van der Waals surface area contributed by atoms with Gasteiger partial charge in [0.05, 0.1) is 11.2 Å². The van der Waals surface area contributed by atoms with Crippen LogP contribution in [0.5, 0.6) is 5.88 Å². The number of aromatic nitrogens is 1. The smallest absolute Gasteiger partial charge is 0.218 e. The monoisotopic (exact) mass is 315 g/mol. The lowest BCUT2D eigenvalue weighted by atomic mass is 10.2. The minimum Gasteiger partial charge on any atom is -0.493 e. The van der Waals surface area contributed by atoms with Gasteiger partial charge in [0.25, 0.3) is 0 Å².